The number of H-pyrrole nitrogens is 2. The molecule has 5 N–H and O–H groups in total. The number of nitrogens with one attached hydrogen (secondary N) is 5. The van der Waals surface area contributed by atoms with Gasteiger partial charge in [0.15, 0.2) is 0 Å². The van der Waals surface area contributed by atoms with Crippen LogP contribution >= 0.6 is 0 Å². The molecule has 0 aliphatic carbocycles. The Kier molecular flexibility index (Phi) is 7.30. The molecule has 0 unspecified atom stereocenters. The topological polar surface area (TPSA) is 153 Å². The van der Waals surface area contributed by atoms with E-state index in [0.29, 0.717) is 5.56 Å². The van der Waals surface area contributed by atoms with Gasteiger partial charge in [0.1, 0.15) is 0 Å². The quantitative estimate of drug-likeness (QED) is 0.357. The Bertz CT molecular complexity index is 1330. The summed E-state index contributed by atoms with van der Waals surface area (Å²) in [5, 5.41) is 12.3. The van der Waals surface area contributed by atoms with Gasteiger partial charge in [0.25, 0.3) is 17.0 Å². The third kappa shape index (κ3) is 5.97. The fourth-order valence-electron chi connectivity index (χ4n) is 3.31. The van der Waals surface area contributed by atoms with Gasteiger partial charge in [0.2, 0.25) is 11.8 Å². The van der Waals surface area contributed by atoms with Gasteiger partial charge in [-0.25, -0.2) is 0 Å². The first-order valence-electron chi connectivity index (χ1n) is 10.8. The zero-order valence-electron chi connectivity index (χ0n) is 19.2. The lowest BCUT2D eigenvalue weighted by atomic mass is 9.87. The van der Waals surface area contributed by atoms with E-state index in [1.807, 2.05) is 12.1 Å². The van der Waals surface area contributed by atoms with Crippen molar-refractivity contribution in [2.24, 2.45) is 0 Å². The molecule has 0 aliphatic heterocycles. The van der Waals surface area contributed by atoms with E-state index in [1.54, 1.807) is 12.1 Å². The van der Waals surface area contributed by atoms with E-state index in [4.69, 9.17) is 0 Å². The minimum Gasteiger partial charge on any atom is -0.352 e. The van der Waals surface area contributed by atoms with Crippen LogP contribution in [0.5, 0.6) is 0 Å². The summed E-state index contributed by atoms with van der Waals surface area (Å²) in [4.78, 5) is 60.4. The Morgan fingerprint density at radius 3 is 2.21 bits per heavy atom. The predicted octanol–water partition coefficient (Wildman–Crippen LogP) is 1.39. The fourth-order valence-corrected chi connectivity index (χ4v) is 3.31. The van der Waals surface area contributed by atoms with Crippen LogP contribution in [-0.4, -0.2) is 41.0 Å². The van der Waals surface area contributed by atoms with E-state index in [-0.39, 0.29) is 47.3 Å². The largest absolute Gasteiger partial charge is 0.352 e. The van der Waals surface area contributed by atoms with Gasteiger partial charge in [-0.2, -0.15) is 0 Å². The summed E-state index contributed by atoms with van der Waals surface area (Å²) in [6.07, 6.45) is -0.0115. The van der Waals surface area contributed by atoms with Crippen molar-refractivity contribution in [2.75, 3.05) is 18.4 Å². The number of amides is 3. The molecule has 1 heterocycles. The molecule has 2 aromatic carbocycles. The van der Waals surface area contributed by atoms with Crippen LogP contribution in [0.1, 0.15) is 43.1 Å². The average Bonchev–Trinajstić information content (AvgIpc) is 2.79. The molecule has 0 saturated carbocycles. The predicted molar refractivity (Wildman–Crippen MR) is 129 cm³/mol. The zero-order valence-corrected chi connectivity index (χ0v) is 19.2. The number of aromatic amines is 2. The molecule has 0 fully saturated rings. The van der Waals surface area contributed by atoms with Crippen LogP contribution in [-0.2, 0) is 15.0 Å². The molecule has 178 valence electrons. The summed E-state index contributed by atoms with van der Waals surface area (Å²) >= 11 is 0. The first-order valence-corrected chi connectivity index (χ1v) is 10.8. The Hall–Kier alpha value is -4.21. The minimum atomic E-state index is -0.566. The smallest absolute Gasteiger partial charge is 0.272 e. The van der Waals surface area contributed by atoms with E-state index < -0.39 is 22.9 Å². The third-order valence-electron chi connectivity index (χ3n) is 5.20. The molecule has 0 spiro atoms. The fraction of sp³-hybridized carbons (Fsp3) is 0.292. The number of hydrogen-bond acceptors (Lipinski definition) is 5. The monoisotopic (exact) mass is 465 g/mol. The number of benzene rings is 2. The molecule has 0 radical (unpaired) electrons. The van der Waals surface area contributed by atoms with Gasteiger partial charge in [-0.1, -0.05) is 39.0 Å². The SMILES string of the molecule is CC(C)(C)c1ccc(C(=O)NCCC(=O)NCC(=O)Nc2cccc3c(=O)[nH][nH]c(=O)c23)cc1. The lowest BCUT2D eigenvalue weighted by molar-refractivity contribution is -0.124. The van der Waals surface area contributed by atoms with Gasteiger partial charge < -0.3 is 16.0 Å². The van der Waals surface area contributed by atoms with Crippen LogP contribution < -0.4 is 27.1 Å². The van der Waals surface area contributed by atoms with Crippen molar-refractivity contribution in [3.63, 3.8) is 0 Å². The second-order valence-electron chi connectivity index (χ2n) is 8.79. The summed E-state index contributed by atoms with van der Waals surface area (Å²) in [7, 11) is 0. The van der Waals surface area contributed by atoms with E-state index in [1.165, 1.54) is 18.2 Å². The molecule has 10 heteroatoms. The second kappa shape index (κ2) is 10.2. The van der Waals surface area contributed by atoms with Gasteiger partial charge in [-0.05, 0) is 35.2 Å². The molecule has 3 amide bonds. The number of anilines is 1. The van der Waals surface area contributed by atoms with E-state index in [0.717, 1.165) is 5.56 Å². The maximum Gasteiger partial charge on any atom is 0.272 e. The van der Waals surface area contributed by atoms with Crippen molar-refractivity contribution in [1.29, 1.82) is 0 Å². The van der Waals surface area contributed by atoms with Gasteiger partial charge in [0.05, 0.1) is 23.0 Å². The lowest BCUT2D eigenvalue weighted by Crippen LogP contribution is -2.35. The number of carbonyl (C=O) groups is 3. The summed E-state index contributed by atoms with van der Waals surface area (Å²) in [6, 6.07) is 11.8. The van der Waals surface area contributed by atoms with Crippen molar-refractivity contribution >= 4 is 34.2 Å². The molecule has 10 nitrogen and oxygen atoms in total. The minimum absolute atomic E-state index is 0.0115. The van der Waals surface area contributed by atoms with Gasteiger partial charge in [0, 0.05) is 18.5 Å². The highest BCUT2D eigenvalue weighted by molar-refractivity contribution is 6.02. The van der Waals surface area contributed by atoms with Crippen LogP contribution in [0.15, 0.2) is 52.1 Å². The van der Waals surface area contributed by atoms with Crippen LogP contribution in [0.2, 0.25) is 0 Å². The highest BCUT2D eigenvalue weighted by Gasteiger charge is 2.15. The average molecular weight is 466 g/mol. The Morgan fingerprint density at radius 2 is 1.53 bits per heavy atom. The van der Waals surface area contributed by atoms with Gasteiger partial charge in [-0.15, -0.1) is 0 Å². The van der Waals surface area contributed by atoms with Crippen LogP contribution in [0.3, 0.4) is 0 Å². The standard InChI is InChI=1S/C24H27N5O5/c1-24(2,3)15-9-7-14(8-10-15)21(32)25-12-11-18(30)26-13-19(31)27-17-6-4-5-16-20(17)23(34)29-28-22(16)33/h4-10H,11-13H2,1-3H3,(H,25,32)(H,26,30)(H,27,31)(H,28,33)(H,29,34). The summed E-state index contributed by atoms with van der Waals surface area (Å²) in [5.41, 5.74) is 0.706. The molecule has 0 bridgehead atoms. The Labute approximate surface area is 195 Å². The number of rotatable bonds is 7. The van der Waals surface area contributed by atoms with Crippen molar-refractivity contribution < 1.29 is 14.4 Å². The third-order valence-corrected chi connectivity index (χ3v) is 5.20. The van der Waals surface area contributed by atoms with Crippen molar-refractivity contribution in [3.8, 4) is 0 Å². The van der Waals surface area contributed by atoms with E-state index in [2.05, 4.69) is 46.9 Å². The first-order chi connectivity index (χ1) is 16.1. The number of hydrogen-bond donors (Lipinski definition) is 5. The molecule has 0 saturated heterocycles. The number of carbonyl (C=O) groups excluding carboxylic acids is 3. The van der Waals surface area contributed by atoms with Crippen LogP contribution in [0.25, 0.3) is 10.8 Å². The molecule has 3 aromatic rings. The van der Waals surface area contributed by atoms with Crippen LogP contribution in [0.4, 0.5) is 5.69 Å². The molecule has 1 aromatic heterocycles. The summed E-state index contributed by atoms with van der Waals surface area (Å²) < 4.78 is 0. The molecule has 0 aliphatic rings. The zero-order chi connectivity index (χ0) is 24.9. The van der Waals surface area contributed by atoms with E-state index in [9.17, 15) is 24.0 Å². The molecular formula is C24H27N5O5. The van der Waals surface area contributed by atoms with E-state index >= 15 is 0 Å². The van der Waals surface area contributed by atoms with Crippen molar-refractivity contribution in [1.82, 2.24) is 20.8 Å². The molecule has 34 heavy (non-hydrogen) atoms. The Morgan fingerprint density at radius 1 is 0.853 bits per heavy atom. The number of fused-ring (bicyclic) bond motifs is 1. The van der Waals surface area contributed by atoms with Crippen molar-refractivity contribution in [2.45, 2.75) is 32.6 Å². The highest BCUT2D eigenvalue weighted by Crippen LogP contribution is 2.22. The lowest BCUT2D eigenvalue weighted by Gasteiger charge is -2.19. The first kappa shape index (κ1) is 24.4. The molecular weight excluding hydrogens is 438 g/mol. The van der Waals surface area contributed by atoms with Crippen LogP contribution in [0, 0.1) is 0 Å². The number of aromatic nitrogens is 2. The molecule has 3 rings (SSSR count). The van der Waals surface area contributed by atoms with Gasteiger partial charge in [-0.3, -0.25) is 34.2 Å². The normalized spacial score (nSPS) is 11.1. The molecule has 0 atom stereocenters. The Balaban J connectivity index is 1.47. The second-order valence-corrected chi connectivity index (χ2v) is 8.79. The summed E-state index contributed by atoms with van der Waals surface area (Å²) in [5.74, 6) is -1.28. The van der Waals surface area contributed by atoms with Crippen molar-refractivity contribution in [3.05, 3.63) is 74.3 Å². The maximum atomic E-state index is 12.3. The maximum absolute atomic E-state index is 12.3. The van der Waals surface area contributed by atoms with Gasteiger partial charge >= 0.3 is 0 Å². The highest BCUT2D eigenvalue weighted by atomic mass is 16.2. The summed E-state index contributed by atoms with van der Waals surface area (Å²) in [6.45, 7) is 6.03.